The third-order valence-electron chi connectivity index (χ3n) is 2.64. The second-order valence-corrected chi connectivity index (χ2v) is 5.74. The quantitative estimate of drug-likeness (QED) is 0.453. The fourth-order valence-electron chi connectivity index (χ4n) is 1.62. The summed E-state index contributed by atoms with van der Waals surface area (Å²) in [6, 6.07) is 2.78. The molecule has 1 rings (SSSR count). The van der Waals surface area contributed by atoms with Crippen molar-refractivity contribution in [3.05, 3.63) is 24.3 Å². The monoisotopic (exact) mass is 300 g/mol. The second kappa shape index (κ2) is 7.16. The summed E-state index contributed by atoms with van der Waals surface area (Å²) in [5.41, 5.74) is 5.98. The average Bonchev–Trinajstić information content (AvgIpc) is 2.43. The molecule has 0 aromatic heterocycles. The van der Waals surface area contributed by atoms with Gasteiger partial charge >= 0.3 is 0 Å². The first-order chi connectivity index (χ1) is 9.46. The minimum absolute atomic E-state index is 0.00113. The molecule has 0 atom stereocenters. The van der Waals surface area contributed by atoms with E-state index in [9.17, 15) is 8.42 Å². The second-order valence-electron chi connectivity index (χ2n) is 4.00. The van der Waals surface area contributed by atoms with Crippen molar-refractivity contribution in [2.24, 2.45) is 0 Å². The lowest BCUT2D eigenvalue weighted by atomic mass is 10.3. The molecule has 20 heavy (non-hydrogen) atoms. The van der Waals surface area contributed by atoms with Crippen molar-refractivity contribution in [3.8, 4) is 11.5 Å². The molecule has 0 aliphatic rings. The van der Waals surface area contributed by atoms with E-state index in [4.69, 9.17) is 15.2 Å². The summed E-state index contributed by atoms with van der Waals surface area (Å²) in [6.45, 7) is 2.18. The molecule has 1 aromatic carbocycles. The van der Waals surface area contributed by atoms with Crippen molar-refractivity contribution in [2.75, 3.05) is 26.5 Å². The third kappa shape index (κ3) is 3.88. The van der Waals surface area contributed by atoms with E-state index < -0.39 is 10.0 Å². The van der Waals surface area contributed by atoms with Crippen molar-refractivity contribution < 1.29 is 17.9 Å². The Balaban J connectivity index is 3.07. The molecule has 0 saturated carbocycles. The Kier molecular flexibility index (Phi) is 5.84. The lowest BCUT2D eigenvalue weighted by Crippen LogP contribution is -2.25. The van der Waals surface area contributed by atoms with Gasteiger partial charge in [0.1, 0.15) is 16.4 Å². The smallest absolute Gasteiger partial charge is 0.244 e. The number of nitrogens with two attached hydrogens (primary N) is 1. The maximum atomic E-state index is 12.2. The van der Waals surface area contributed by atoms with Crippen molar-refractivity contribution in [3.63, 3.8) is 0 Å². The molecule has 0 spiro atoms. The summed E-state index contributed by atoms with van der Waals surface area (Å²) in [4.78, 5) is -0.00113. The molecule has 1 aromatic rings. The number of sulfonamides is 1. The Morgan fingerprint density at radius 3 is 2.45 bits per heavy atom. The van der Waals surface area contributed by atoms with E-state index >= 15 is 0 Å². The zero-order valence-corrected chi connectivity index (χ0v) is 12.7. The Morgan fingerprint density at radius 2 is 1.90 bits per heavy atom. The lowest BCUT2D eigenvalue weighted by Gasteiger charge is -2.13. The third-order valence-corrected chi connectivity index (χ3v) is 4.13. The van der Waals surface area contributed by atoms with E-state index in [0.29, 0.717) is 18.7 Å². The maximum absolute atomic E-state index is 12.2. The first-order valence-corrected chi connectivity index (χ1v) is 7.57. The van der Waals surface area contributed by atoms with Gasteiger partial charge in [0.05, 0.1) is 19.9 Å². The summed E-state index contributed by atoms with van der Waals surface area (Å²) in [5.74, 6) is 0.560. The van der Waals surface area contributed by atoms with Gasteiger partial charge in [-0.05, 0) is 19.4 Å². The van der Waals surface area contributed by atoms with Crippen LogP contribution in [0.2, 0.25) is 0 Å². The van der Waals surface area contributed by atoms with Crippen LogP contribution in [0.3, 0.4) is 0 Å². The fourth-order valence-corrected chi connectivity index (χ4v) is 2.86. The number of nitrogen functional groups attached to an aromatic ring is 1. The van der Waals surface area contributed by atoms with Crippen LogP contribution in [0.5, 0.6) is 11.5 Å². The summed E-state index contributed by atoms with van der Waals surface area (Å²) >= 11 is 0. The molecule has 0 aliphatic carbocycles. The SMILES string of the molecule is C/C=C/CCNS(=O)(=O)c1cc(N)c(OC)cc1OC. The first kappa shape index (κ1) is 16.3. The van der Waals surface area contributed by atoms with Gasteiger partial charge in [0.25, 0.3) is 0 Å². The van der Waals surface area contributed by atoms with E-state index in [0.717, 1.165) is 0 Å². The van der Waals surface area contributed by atoms with Gasteiger partial charge in [-0.25, -0.2) is 13.1 Å². The van der Waals surface area contributed by atoms with Crippen molar-refractivity contribution in [1.29, 1.82) is 0 Å². The molecular formula is C13H20N2O4S. The normalized spacial score (nSPS) is 11.8. The molecule has 0 unspecified atom stereocenters. The van der Waals surface area contributed by atoms with Crippen LogP contribution < -0.4 is 19.9 Å². The highest BCUT2D eigenvalue weighted by Gasteiger charge is 2.21. The standard InChI is InChI=1S/C13H20N2O4S/c1-4-5-6-7-15-20(16,17)13-8-10(14)11(18-2)9-12(13)19-3/h4-5,8-9,15H,6-7,14H2,1-3H3/b5-4+. The fraction of sp³-hybridized carbons (Fsp3) is 0.385. The molecule has 0 bridgehead atoms. The van der Waals surface area contributed by atoms with Gasteiger partial charge in [-0.3, -0.25) is 0 Å². The van der Waals surface area contributed by atoms with Crippen LogP contribution >= 0.6 is 0 Å². The Labute approximate surface area is 119 Å². The number of hydrogen-bond donors (Lipinski definition) is 2. The molecule has 7 heteroatoms. The molecule has 0 saturated heterocycles. The zero-order chi connectivity index (χ0) is 15.2. The minimum Gasteiger partial charge on any atom is -0.495 e. The molecule has 0 aliphatic heterocycles. The van der Waals surface area contributed by atoms with Crippen LogP contribution in [0.1, 0.15) is 13.3 Å². The molecule has 3 N–H and O–H groups in total. The lowest BCUT2D eigenvalue weighted by molar-refractivity contribution is 0.387. The van der Waals surface area contributed by atoms with E-state index in [1.807, 2.05) is 19.1 Å². The van der Waals surface area contributed by atoms with E-state index in [-0.39, 0.29) is 16.3 Å². The average molecular weight is 300 g/mol. The highest BCUT2D eigenvalue weighted by atomic mass is 32.2. The van der Waals surface area contributed by atoms with Gasteiger partial charge in [-0.1, -0.05) is 12.2 Å². The molecule has 112 valence electrons. The molecule has 0 amide bonds. The topological polar surface area (TPSA) is 90.7 Å². The van der Waals surface area contributed by atoms with Gasteiger partial charge in [-0.15, -0.1) is 0 Å². The number of nitrogens with one attached hydrogen (secondary N) is 1. The van der Waals surface area contributed by atoms with Crippen LogP contribution in [0, 0.1) is 0 Å². The van der Waals surface area contributed by atoms with Crippen LogP contribution in [0.15, 0.2) is 29.2 Å². The highest BCUT2D eigenvalue weighted by Crippen LogP contribution is 2.33. The number of ether oxygens (including phenoxy) is 2. The number of benzene rings is 1. The predicted molar refractivity (Wildman–Crippen MR) is 78.6 cm³/mol. The maximum Gasteiger partial charge on any atom is 0.244 e. The largest absolute Gasteiger partial charge is 0.495 e. The number of hydrogen-bond acceptors (Lipinski definition) is 5. The molecule has 0 radical (unpaired) electrons. The molecule has 0 fully saturated rings. The first-order valence-electron chi connectivity index (χ1n) is 6.08. The molecule has 6 nitrogen and oxygen atoms in total. The highest BCUT2D eigenvalue weighted by molar-refractivity contribution is 7.89. The Bertz CT molecular complexity index is 582. The molecule has 0 heterocycles. The van der Waals surface area contributed by atoms with Gasteiger partial charge in [0, 0.05) is 12.6 Å². The molecular weight excluding hydrogens is 280 g/mol. The van der Waals surface area contributed by atoms with E-state index in [1.54, 1.807) is 0 Å². The van der Waals surface area contributed by atoms with Crippen LogP contribution in [-0.4, -0.2) is 29.2 Å². The number of anilines is 1. The summed E-state index contributed by atoms with van der Waals surface area (Å²) in [5, 5.41) is 0. The summed E-state index contributed by atoms with van der Waals surface area (Å²) < 4.78 is 37.1. The van der Waals surface area contributed by atoms with Crippen LogP contribution in [-0.2, 0) is 10.0 Å². The van der Waals surface area contributed by atoms with Crippen molar-refractivity contribution >= 4 is 15.7 Å². The Morgan fingerprint density at radius 1 is 1.25 bits per heavy atom. The zero-order valence-electron chi connectivity index (χ0n) is 11.8. The number of methoxy groups -OCH3 is 2. The van der Waals surface area contributed by atoms with E-state index in [2.05, 4.69) is 4.72 Å². The summed E-state index contributed by atoms with van der Waals surface area (Å²) in [6.07, 6.45) is 4.35. The van der Waals surface area contributed by atoms with Gasteiger partial charge < -0.3 is 15.2 Å². The van der Waals surface area contributed by atoms with Crippen LogP contribution in [0.25, 0.3) is 0 Å². The summed E-state index contributed by atoms with van der Waals surface area (Å²) in [7, 11) is -0.830. The Hall–Kier alpha value is -1.73. The van der Waals surface area contributed by atoms with Gasteiger partial charge in [0.2, 0.25) is 10.0 Å². The van der Waals surface area contributed by atoms with Gasteiger partial charge in [-0.2, -0.15) is 0 Å². The number of rotatable bonds is 7. The van der Waals surface area contributed by atoms with Crippen molar-refractivity contribution in [1.82, 2.24) is 4.72 Å². The minimum atomic E-state index is -3.68. The van der Waals surface area contributed by atoms with Crippen molar-refractivity contribution in [2.45, 2.75) is 18.2 Å². The van der Waals surface area contributed by atoms with E-state index in [1.165, 1.54) is 26.4 Å². The number of allylic oxidation sites excluding steroid dienone is 1. The predicted octanol–water partition coefficient (Wildman–Crippen LogP) is 1.53. The van der Waals surface area contributed by atoms with Gasteiger partial charge in [0.15, 0.2) is 0 Å². The van der Waals surface area contributed by atoms with Crippen LogP contribution in [0.4, 0.5) is 5.69 Å².